The Morgan fingerprint density at radius 3 is 0.712 bits per heavy atom. The van der Waals surface area contributed by atoms with Crippen molar-refractivity contribution in [3.8, 4) is 0 Å². The van der Waals surface area contributed by atoms with E-state index in [1.807, 2.05) is 0 Å². The molecule has 0 radical (unpaired) electrons. The van der Waals surface area contributed by atoms with Crippen molar-refractivity contribution in [3.05, 3.63) is 75.9 Å². The molecule has 0 bridgehead atoms. The number of carbonyl (C=O) groups is 9. The molecule has 0 fully saturated rings. The minimum atomic E-state index is -1.23. The second kappa shape index (κ2) is 36.8. The van der Waals surface area contributed by atoms with Gasteiger partial charge in [-0.05, 0) is 6.42 Å². The summed E-state index contributed by atoms with van der Waals surface area (Å²) >= 11 is 0. The van der Waals surface area contributed by atoms with Crippen molar-refractivity contribution in [1.29, 1.82) is 0 Å². The van der Waals surface area contributed by atoms with E-state index < -0.39 is 59.1 Å². The zero-order valence-electron chi connectivity index (χ0n) is 38.0. The zero-order chi connectivity index (χ0) is 49.6. The fraction of sp³-hybridized carbons (Fsp3) is 0.533. The Morgan fingerprint density at radius 1 is 0.348 bits per heavy atom. The lowest BCUT2D eigenvalue weighted by atomic mass is 9.88. The maximum absolute atomic E-state index is 13.2. The number of esters is 9. The highest BCUT2D eigenvalue weighted by Gasteiger charge is 2.34. The van der Waals surface area contributed by atoms with Gasteiger partial charge in [0.2, 0.25) is 0 Å². The van der Waals surface area contributed by atoms with Gasteiger partial charge in [0.1, 0.15) is 59.5 Å². The average Bonchev–Trinajstić information content (AvgIpc) is 3.32. The Kier molecular flexibility index (Phi) is 33.2. The summed E-state index contributed by atoms with van der Waals surface area (Å²) in [6.07, 6.45) is 5.73. The third kappa shape index (κ3) is 30.6. The van der Waals surface area contributed by atoms with Crippen LogP contribution >= 0.6 is 0 Å². The van der Waals surface area contributed by atoms with Crippen molar-refractivity contribution < 1.29 is 85.8 Å². The molecule has 0 heterocycles. The van der Waals surface area contributed by atoms with Gasteiger partial charge in [-0.25, -0.2) is 28.8 Å². The van der Waals surface area contributed by atoms with E-state index in [0.29, 0.717) is 0 Å². The second-order valence-electron chi connectivity index (χ2n) is 13.8. The SMILES string of the molecule is C=CC(=O)OCCN(CCOC(=O)C=C)CCC(=O)OCC(CC)(COC(=O)CCN(CCOC(=O)C=C)CCOC(=O)C=C)COC(=O)CCN(CCOC(=O)C=C)CCOC(=O)C=C. The molecule has 0 atom stereocenters. The normalized spacial score (nSPS) is 10.7. The number of rotatable bonds is 40. The molecule has 0 rings (SSSR count). The molecule has 0 saturated heterocycles. The Hall–Kier alpha value is -6.45. The van der Waals surface area contributed by atoms with Crippen molar-refractivity contribution in [3.63, 3.8) is 0 Å². The van der Waals surface area contributed by atoms with E-state index >= 15 is 0 Å². The standard InChI is InChI=1S/C45H65N3O18/c1-8-36(49)58-27-21-46(22-28-59-37(50)9-2)18-15-42(55)64-33-45(14-7,34-65-43(56)16-19-47(23-29-60-38(51)10-3)24-30-61-39(52)11-4)35-66-44(57)17-20-48(25-31-62-40(53)12-5)26-32-63-41(54)13-6/h8-13H,1-6,14-35H2,7H3. The predicted octanol–water partition coefficient (Wildman–Crippen LogP) is 1.46. The van der Waals surface area contributed by atoms with E-state index in [0.717, 1.165) is 36.5 Å². The van der Waals surface area contributed by atoms with Crippen LogP contribution in [0.1, 0.15) is 32.6 Å². The lowest BCUT2D eigenvalue weighted by Gasteiger charge is -2.31. The lowest BCUT2D eigenvalue weighted by Crippen LogP contribution is -2.40. The monoisotopic (exact) mass is 935 g/mol. The molecule has 21 nitrogen and oxygen atoms in total. The summed E-state index contributed by atoms with van der Waals surface area (Å²) in [5.41, 5.74) is -1.23. The Bertz CT molecular complexity index is 1380. The number of hydrogen-bond donors (Lipinski definition) is 0. The summed E-state index contributed by atoms with van der Waals surface area (Å²) in [5, 5.41) is 0. The molecule has 0 N–H and O–H groups in total. The molecule has 0 unspecified atom stereocenters. The molecular weight excluding hydrogens is 870 g/mol. The third-order valence-corrected chi connectivity index (χ3v) is 9.18. The van der Waals surface area contributed by atoms with Crippen LogP contribution in [0.2, 0.25) is 0 Å². The Labute approximate surface area is 385 Å². The van der Waals surface area contributed by atoms with Crippen molar-refractivity contribution >= 4 is 53.7 Å². The first-order valence-electron chi connectivity index (χ1n) is 21.0. The van der Waals surface area contributed by atoms with Crippen molar-refractivity contribution in [2.45, 2.75) is 32.6 Å². The van der Waals surface area contributed by atoms with E-state index in [-0.39, 0.29) is 144 Å². The largest absolute Gasteiger partial charge is 0.465 e. The van der Waals surface area contributed by atoms with Crippen LogP contribution in [0, 0.1) is 5.41 Å². The molecule has 0 aromatic rings. The fourth-order valence-electron chi connectivity index (χ4n) is 5.11. The second-order valence-corrected chi connectivity index (χ2v) is 13.8. The first-order chi connectivity index (χ1) is 31.6. The van der Waals surface area contributed by atoms with Gasteiger partial charge in [0.15, 0.2) is 0 Å². The molecule has 21 heteroatoms. The first-order valence-corrected chi connectivity index (χ1v) is 21.0. The molecule has 0 aliphatic rings. The molecule has 66 heavy (non-hydrogen) atoms. The van der Waals surface area contributed by atoms with Crippen molar-refractivity contribution in [2.24, 2.45) is 5.41 Å². The zero-order valence-corrected chi connectivity index (χ0v) is 38.0. The molecule has 0 spiro atoms. The van der Waals surface area contributed by atoms with Crippen LogP contribution in [-0.2, 0) is 85.8 Å². The molecule has 0 aliphatic carbocycles. The van der Waals surface area contributed by atoms with Crippen molar-refractivity contribution in [1.82, 2.24) is 14.7 Å². The summed E-state index contributed by atoms with van der Waals surface area (Å²) in [7, 11) is 0. The summed E-state index contributed by atoms with van der Waals surface area (Å²) in [6.45, 7) is 21.9. The van der Waals surface area contributed by atoms with Gasteiger partial charge in [-0.2, -0.15) is 0 Å². The van der Waals surface area contributed by atoms with E-state index in [1.165, 1.54) is 0 Å². The smallest absolute Gasteiger partial charge is 0.330 e. The third-order valence-electron chi connectivity index (χ3n) is 9.18. The number of hydrogen-bond acceptors (Lipinski definition) is 21. The highest BCUT2D eigenvalue weighted by molar-refractivity contribution is 5.83. The topological polar surface area (TPSA) is 246 Å². The highest BCUT2D eigenvalue weighted by atomic mass is 16.6. The van der Waals surface area contributed by atoms with Gasteiger partial charge in [0.25, 0.3) is 0 Å². The summed E-state index contributed by atoms with van der Waals surface area (Å²) < 4.78 is 47.3. The molecular formula is C45H65N3O18. The van der Waals surface area contributed by atoms with Gasteiger partial charge in [-0.3, -0.25) is 29.1 Å². The van der Waals surface area contributed by atoms with Crippen LogP contribution < -0.4 is 0 Å². The van der Waals surface area contributed by atoms with Gasteiger partial charge in [0.05, 0.1) is 24.7 Å². The van der Waals surface area contributed by atoms with Crippen LogP contribution in [0.15, 0.2) is 75.9 Å². The molecule has 368 valence electrons. The summed E-state index contributed by atoms with van der Waals surface area (Å²) in [5.74, 6) is -5.87. The average molecular weight is 936 g/mol. The lowest BCUT2D eigenvalue weighted by molar-refractivity contribution is -0.163. The molecule has 0 amide bonds. The van der Waals surface area contributed by atoms with Gasteiger partial charge in [-0.1, -0.05) is 46.4 Å². The minimum absolute atomic E-state index is 0.0441. The molecule has 0 aromatic heterocycles. The molecule has 0 aliphatic heterocycles. The van der Waals surface area contributed by atoms with Crippen LogP contribution in [0.5, 0.6) is 0 Å². The summed E-state index contributed by atoms with van der Waals surface area (Å²) in [6, 6.07) is 0. The first kappa shape index (κ1) is 59.5. The Balaban J connectivity index is 6.01. The highest BCUT2D eigenvalue weighted by Crippen LogP contribution is 2.25. The maximum Gasteiger partial charge on any atom is 0.330 e. The van der Waals surface area contributed by atoms with Gasteiger partial charge in [-0.15, -0.1) is 0 Å². The minimum Gasteiger partial charge on any atom is -0.465 e. The maximum atomic E-state index is 13.2. The molecule has 0 saturated carbocycles. The van der Waals surface area contributed by atoms with Crippen LogP contribution in [0.25, 0.3) is 0 Å². The predicted molar refractivity (Wildman–Crippen MR) is 236 cm³/mol. The van der Waals surface area contributed by atoms with Crippen molar-refractivity contribution in [2.75, 3.05) is 118 Å². The van der Waals surface area contributed by atoms with E-state index in [9.17, 15) is 43.2 Å². The quantitative estimate of drug-likeness (QED) is 0.0479. The van der Waals surface area contributed by atoms with Gasteiger partial charge in [0, 0.05) is 95.4 Å². The Morgan fingerprint density at radius 2 is 0.545 bits per heavy atom. The number of carbonyl (C=O) groups excluding carboxylic acids is 9. The number of nitrogens with zero attached hydrogens (tertiary/aromatic N) is 3. The van der Waals surface area contributed by atoms with Gasteiger partial charge >= 0.3 is 53.7 Å². The van der Waals surface area contributed by atoms with Gasteiger partial charge < -0.3 is 42.6 Å². The van der Waals surface area contributed by atoms with Crippen LogP contribution in [-0.4, -0.2) is 187 Å². The fourth-order valence-corrected chi connectivity index (χ4v) is 5.11. The molecule has 0 aromatic carbocycles. The van der Waals surface area contributed by atoms with Crippen LogP contribution in [0.3, 0.4) is 0 Å². The summed E-state index contributed by atoms with van der Waals surface area (Å²) in [4.78, 5) is 114. The van der Waals surface area contributed by atoms with E-state index in [4.69, 9.17) is 42.6 Å². The number of ether oxygens (including phenoxy) is 9. The van der Waals surface area contributed by atoms with Crippen LogP contribution in [0.4, 0.5) is 0 Å². The van der Waals surface area contributed by atoms with E-state index in [1.54, 1.807) is 21.6 Å². The van der Waals surface area contributed by atoms with E-state index in [2.05, 4.69) is 39.5 Å².